The zero-order valence-electron chi connectivity index (χ0n) is 19.4. The molecule has 1 aliphatic rings. The lowest BCUT2D eigenvalue weighted by Crippen LogP contribution is -2.42. The number of imidazole rings is 1. The van der Waals surface area contributed by atoms with Gasteiger partial charge in [-0.05, 0) is 14.1 Å². The highest BCUT2D eigenvalue weighted by Gasteiger charge is 2.58. The number of aromatic amines is 1. The second kappa shape index (κ2) is 10.8. The van der Waals surface area contributed by atoms with Gasteiger partial charge in [0.25, 0.3) is 5.56 Å². The van der Waals surface area contributed by atoms with Crippen LogP contribution < -0.4 is 10.9 Å². The van der Waals surface area contributed by atoms with Crippen molar-refractivity contribution in [2.45, 2.75) is 31.0 Å². The van der Waals surface area contributed by atoms with E-state index in [0.29, 0.717) is 0 Å². The summed E-state index contributed by atoms with van der Waals surface area (Å²) in [6.07, 6.45) is 1.69. The van der Waals surface area contributed by atoms with Crippen molar-refractivity contribution in [3.8, 4) is 12.3 Å². The van der Waals surface area contributed by atoms with Crippen LogP contribution in [0.15, 0.2) is 11.1 Å². The van der Waals surface area contributed by atoms with E-state index in [4.69, 9.17) is 20.2 Å². The Morgan fingerprint density at radius 1 is 1.54 bits per heavy atom. The summed E-state index contributed by atoms with van der Waals surface area (Å²) < 4.78 is 47.7. The van der Waals surface area contributed by atoms with Crippen molar-refractivity contribution in [2.24, 2.45) is 0 Å². The van der Waals surface area contributed by atoms with Gasteiger partial charge in [0.05, 0.1) is 19.5 Å². The number of carbonyl (C=O) groups is 1. The highest BCUT2D eigenvalue weighted by Crippen LogP contribution is 2.51. The van der Waals surface area contributed by atoms with Crippen LogP contribution in [0.25, 0.3) is 11.2 Å². The minimum atomic E-state index is -3.86. The smallest absolute Gasteiger partial charge is 0.386 e. The van der Waals surface area contributed by atoms with Gasteiger partial charge in [0.1, 0.15) is 12.2 Å². The van der Waals surface area contributed by atoms with Gasteiger partial charge in [-0.2, -0.15) is 4.98 Å². The van der Waals surface area contributed by atoms with Gasteiger partial charge in [0, 0.05) is 19.7 Å². The SMILES string of the molecule is C#C[C@]1(F)C(O)[C@@H](COP(=O)(OCCSC(C)=O)N(C)C)O[C@H]1n1cnc2c(=O)[nH]c(NC)nc21. The maximum Gasteiger partial charge on any atom is 0.407 e. The first-order valence-corrected chi connectivity index (χ1v) is 12.8. The third kappa shape index (κ3) is 5.44. The molecule has 2 aromatic heterocycles. The van der Waals surface area contributed by atoms with E-state index in [1.807, 2.05) is 5.92 Å². The number of hydrogen-bond acceptors (Lipinski definition) is 11. The molecule has 0 aromatic carbocycles. The van der Waals surface area contributed by atoms with Crippen molar-refractivity contribution in [3.05, 3.63) is 16.7 Å². The number of ether oxygens (including phenoxy) is 1. The van der Waals surface area contributed by atoms with Crippen LogP contribution in [0.5, 0.6) is 0 Å². The quantitative estimate of drug-likeness (QED) is 0.224. The summed E-state index contributed by atoms with van der Waals surface area (Å²) in [5, 5.41) is 13.2. The maximum atomic E-state index is 15.8. The molecule has 3 heterocycles. The van der Waals surface area contributed by atoms with Crippen molar-refractivity contribution < 1.29 is 32.6 Å². The van der Waals surface area contributed by atoms with Crippen LogP contribution in [0.2, 0.25) is 0 Å². The van der Waals surface area contributed by atoms with Crippen molar-refractivity contribution in [1.29, 1.82) is 0 Å². The predicted octanol–water partition coefficient (Wildman–Crippen LogP) is 0.744. The molecule has 192 valence electrons. The Kier molecular flexibility index (Phi) is 8.38. The van der Waals surface area contributed by atoms with Crippen LogP contribution >= 0.6 is 19.5 Å². The summed E-state index contributed by atoms with van der Waals surface area (Å²) >= 11 is 0.994. The van der Waals surface area contributed by atoms with E-state index in [-0.39, 0.29) is 34.6 Å². The summed E-state index contributed by atoms with van der Waals surface area (Å²) in [4.78, 5) is 33.9. The first-order valence-electron chi connectivity index (χ1n) is 10.3. The van der Waals surface area contributed by atoms with E-state index in [9.17, 15) is 19.3 Å². The van der Waals surface area contributed by atoms with Crippen molar-refractivity contribution in [3.63, 3.8) is 0 Å². The highest BCUT2D eigenvalue weighted by molar-refractivity contribution is 8.13. The summed E-state index contributed by atoms with van der Waals surface area (Å²) in [6.45, 7) is 0.802. The number of nitrogens with one attached hydrogen (secondary N) is 2. The van der Waals surface area contributed by atoms with Crippen LogP contribution in [0.3, 0.4) is 0 Å². The molecule has 1 fully saturated rings. The monoisotopic (exact) mass is 532 g/mol. The van der Waals surface area contributed by atoms with Gasteiger partial charge < -0.3 is 15.2 Å². The van der Waals surface area contributed by atoms with E-state index in [0.717, 1.165) is 22.7 Å². The van der Waals surface area contributed by atoms with E-state index in [1.165, 1.54) is 32.7 Å². The molecule has 2 aromatic rings. The molecular formula is C19H26FN6O7PS. The number of fused-ring (bicyclic) bond motifs is 1. The number of aliphatic hydroxyl groups is 1. The highest BCUT2D eigenvalue weighted by atomic mass is 32.2. The summed E-state index contributed by atoms with van der Waals surface area (Å²) in [5.41, 5.74) is -3.45. The van der Waals surface area contributed by atoms with Gasteiger partial charge in [0.2, 0.25) is 11.6 Å². The molecule has 0 aliphatic carbocycles. The summed E-state index contributed by atoms with van der Waals surface area (Å²) in [6, 6.07) is 0. The second-order valence-electron chi connectivity index (χ2n) is 7.66. The van der Waals surface area contributed by atoms with Crippen LogP contribution in [0.1, 0.15) is 13.2 Å². The number of nitrogens with zero attached hydrogens (tertiary/aromatic N) is 4. The number of halogens is 1. The van der Waals surface area contributed by atoms with Gasteiger partial charge >= 0.3 is 7.75 Å². The van der Waals surface area contributed by atoms with E-state index in [1.54, 1.807) is 0 Å². The molecule has 3 N–H and O–H groups in total. The Labute approximate surface area is 204 Å². The molecule has 1 saturated heterocycles. The zero-order chi connectivity index (χ0) is 26.0. The molecule has 0 saturated carbocycles. The number of terminal acetylenes is 1. The zero-order valence-corrected chi connectivity index (χ0v) is 21.1. The van der Waals surface area contributed by atoms with Crippen molar-refractivity contribution in [2.75, 3.05) is 45.4 Å². The Balaban J connectivity index is 1.83. The predicted molar refractivity (Wildman–Crippen MR) is 127 cm³/mol. The average Bonchev–Trinajstić information content (AvgIpc) is 3.34. The van der Waals surface area contributed by atoms with E-state index < -0.39 is 44.0 Å². The van der Waals surface area contributed by atoms with Crippen molar-refractivity contribution >= 4 is 41.7 Å². The number of carbonyl (C=O) groups excluding carboxylic acids is 1. The molecule has 16 heteroatoms. The van der Waals surface area contributed by atoms with Crippen LogP contribution in [0, 0.1) is 12.3 Å². The standard InChI is InChI=1S/C19H26FN6O7PS/c1-6-19(20)14(28)12(9-32-34(30,25(4)5)31-7-8-35-11(2)27)33-17(19)26-10-22-13-15(26)23-18(21-3)24-16(13)29/h1,10,12,14,17,28H,7-9H2,2-5H3,(H2,21,23,24,29)/t12-,14?,17-,19+,34?/m1/s1. The minimum absolute atomic E-state index is 0.0283. The number of aliphatic hydroxyl groups excluding tert-OH is 1. The molecule has 5 atom stereocenters. The number of rotatable bonds is 10. The Morgan fingerprint density at radius 3 is 2.86 bits per heavy atom. The molecule has 0 amide bonds. The molecule has 0 bridgehead atoms. The fraction of sp³-hybridized carbons (Fsp3) is 0.579. The lowest BCUT2D eigenvalue weighted by Gasteiger charge is -2.25. The lowest BCUT2D eigenvalue weighted by molar-refractivity contribution is -0.109. The van der Waals surface area contributed by atoms with Crippen LogP contribution in [-0.2, 0) is 23.1 Å². The number of H-pyrrole nitrogens is 1. The third-order valence-corrected chi connectivity index (χ3v) is 7.86. The minimum Gasteiger partial charge on any atom is -0.386 e. The molecule has 1 aliphatic heterocycles. The summed E-state index contributed by atoms with van der Waals surface area (Å²) in [5.74, 6) is 2.27. The largest absolute Gasteiger partial charge is 0.407 e. The van der Waals surface area contributed by atoms with Gasteiger partial charge in [-0.3, -0.25) is 28.2 Å². The van der Waals surface area contributed by atoms with Crippen LogP contribution in [0.4, 0.5) is 10.3 Å². The molecule has 13 nitrogen and oxygen atoms in total. The van der Waals surface area contributed by atoms with E-state index >= 15 is 4.39 Å². The summed E-state index contributed by atoms with van der Waals surface area (Å²) in [7, 11) is 0.574. The van der Waals surface area contributed by atoms with Gasteiger partial charge in [-0.15, -0.1) is 6.42 Å². The molecule has 3 rings (SSSR count). The number of thioether (sulfide) groups is 1. The van der Waals surface area contributed by atoms with Crippen molar-refractivity contribution in [1.82, 2.24) is 24.2 Å². The fourth-order valence-corrected chi connectivity index (χ4v) is 5.07. The first-order chi connectivity index (χ1) is 16.5. The second-order valence-corrected chi connectivity index (χ2v) is 11.2. The molecule has 0 spiro atoms. The topological polar surface area (TPSA) is 161 Å². The van der Waals surface area contributed by atoms with Gasteiger partial charge in [-0.25, -0.2) is 18.6 Å². The molecule has 2 unspecified atom stereocenters. The van der Waals surface area contributed by atoms with E-state index in [2.05, 4.69) is 20.3 Å². The first kappa shape index (κ1) is 27.3. The number of anilines is 1. The maximum absolute atomic E-state index is 15.8. The average molecular weight is 532 g/mol. The van der Waals surface area contributed by atoms with Gasteiger partial charge in [-0.1, -0.05) is 17.7 Å². The number of alkyl halides is 1. The Morgan fingerprint density at radius 2 is 2.26 bits per heavy atom. The fourth-order valence-electron chi connectivity index (χ4n) is 3.30. The Hall–Kier alpha value is -2.31. The lowest BCUT2D eigenvalue weighted by atomic mass is 9.97. The third-order valence-electron chi connectivity index (χ3n) is 5.12. The number of aromatic nitrogens is 4. The van der Waals surface area contributed by atoms with Crippen LogP contribution in [-0.4, -0.2) is 92.4 Å². The molecule has 0 radical (unpaired) electrons. The normalized spacial score (nSPS) is 26.1. The van der Waals surface area contributed by atoms with Gasteiger partial charge in [0.15, 0.2) is 22.5 Å². The Bertz CT molecular complexity index is 1230. The molecular weight excluding hydrogens is 506 g/mol. The number of hydrogen-bond donors (Lipinski definition) is 3. The molecule has 35 heavy (non-hydrogen) atoms.